The predicted octanol–water partition coefficient (Wildman–Crippen LogP) is 2.49. The van der Waals surface area contributed by atoms with Gasteiger partial charge in [0.25, 0.3) is 0 Å². The van der Waals surface area contributed by atoms with E-state index in [9.17, 15) is 13.5 Å². The van der Waals surface area contributed by atoms with Gasteiger partial charge in [0.05, 0.1) is 4.90 Å². The van der Waals surface area contributed by atoms with Gasteiger partial charge in [0.1, 0.15) is 5.60 Å². The molecular weight excluding hydrogens is 298 g/mol. The molecule has 0 aliphatic carbocycles. The third kappa shape index (κ3) is 3.74. The van der Waals surface area contributed by atoms with Gasteiger partial charge in [-0.1, -0.05) is 48.0 Å². The van der Waals surface area contributed by atoms with Gasteiger partial charge in [0.2, 0.25) is 10.0 Å². The number of rotatable bonds is 5. The third-order valence-corrected chi connectivity index (χ3v) is 5.18. The maximum Gasteiger partial charge on any atom is 0.240 e. The third-order valence-electron chi connectivity index (χ3n) is 3.62. The minimum atomic E-state index is -3.66. The highest BCUT2D eigenvalue weighted by Crippen LogP contribution is 2.21. The van der Waals surface area contributed by atoms with Gasteiger partial charge in [-0.2, -0.15) is 0 Å². The van der Waals surface area contributed by atoms with Crippen LogP contribution in [0, 0.1) is 13.8 Å². The number of sulfonamides is 1. The molecule has 0 aromatic heterocycles. The average Bonchev–Trinajstić information content (AvgIpc) is 2.46. The van der Waals surface area contributed by atoms with E-state index in [1.807, 2.05) is 31.2 Å². The van der Waals surface area contributed by atoms with Crippen LogP contribution in [0.2, 0.25) is 0 Å². The fourth-order valence-corrected chi connectivity index (χ4v) is 3.67. The molecule has 1 atom stereocenters. The normalized spacial score (nSPS) is 14.5. The van der Waals surface area contributed by atoms with E-state index in [2.05, 4.69) is 4.72 Å². The Morgan fingerprint density at radius 3 is 2.32 bits per heavy atom. The van der Waals surface area contributed by atoms with Crippen molar-refractivity contribution in [2.24, 2.45) is 0 Å². The highest BCUT2D eigenvalue weighted by Gasteiger charge is 2.26. The SMILES string of the molecule is Cc1ccc(S(=O)(=O)NC[C@@](C)(O)c2ccccc2)c(C)c1. The molecule has 2 rings (SSSR count). The van der Waals surface area contributed by atoms with Crippen LogP contribution in [0.25, 0.3) is 0 Å². The smallest absolute Gasteiger partial charge is 0.240 e. The molecule has 0 bridgehead atoms. The lowest BCUT2D eigenvalue weighted by molar-refractivity contribution is 0.0627. The molecule has 0 aliphatic heterocycles. The van der Waals surface area contributed by atoms with Crippen LogP contribution < -0.4 is 4.72 Å². The fraction of sp³-hybridized carbons (Fsp3) is 0.294. The monoisotopic (exact) mass is 319 g/mol. The second-order valence-electron chi connectivity index (χ2n) is 5.73. The van der Waals surface area contributed by atoms with Crippen LogP contribution in [-0.4, -0.2) is 20.1 Å². The summed E-state index contributed by atoms with van der Waals surface area (Å²) in [5.41, 5.74) is 1.09. The molecule has 0 heterocycles. The summed E-state index contributed by atoms with van der Waals surface area (Å²) in [6, 6.07) is 14.2. The van der Waals surface area contributed by atoms with Crippen molar-refractivity contribution in [3.05, 3.63) is 65.2 Å². The lowest BCUT2D eigenvalue weighted by Gasteiger charge is -2.24. The van der Waals surface area contributed by atoms with E-state index in [1.165, 1.54) is 0 Å². The summed E-state index contributed by atoms with van der Waals surface area (Å²) in [6.07, 6.45) is 0. The largest absolute Gasteiger partial charge is 0.384 e. The Labute approximate surface area is 131 Å². The first kappa shape index (κ1) is 16.7. The summed E-state index contributed by atoms with van der Waals surface area (Å²) in [6.45, 7) is 5.17. The molecule has 2 N–H and O–H groups in total. The average molecular weight is 319 g/mol. The molecule has 0 radical (unpaired) electrons. The van der Waals surface area contributed by atoms with Crippen molar-refractivity contribution in [1.82, 2.24) is 4.72 Å². The van der Waals surface area contributed by atoms with Gasteiger partial charge in [-0.25, -0.2) is 13.1 Å². The Hall–Kier alpha value is -1.69. The van der Waals surface area contributed by atoms with E-state index in [0.717, 1.165) is 5.56 Å². The van der Waals surface area contributed by atoms with Crippen molar-refractivity contribution in [3.63, 3.8) is 0 Å². The molecule has 0 aliphatic rings. The lowest BCUT2D eigenvalue weighted by atomic mass is 9.97. The fourth-order valence-electron chi connectivity index (χ4n) is 2.31. The van der Waals surface area contributed by atoms with Gasteiger partial charge >= 0.3 is 0 Å². The molecular formula is C17H21NO3S. The van der Waals surface area contributed by atoms with Gasteiger partial charge in [-0.3, -0.25) is 0 Å². The molecule has 118 valence electrons. The van der Waals surface area contributed by atoms with Crippen molar-refractivity contribution in [2.75, 3.05) is 6.54 Å². The highest BCUT2D eigenvalue weighted by molar-refractivity contribution is 7.89. The summed E-state index contributed by atoms with van der Waals surface area (Å²) in [5.74, 6) is 0. The first-order valence-corrected chi connectivity index (χ1v) is 8.55. The number of hydrogen-bond donors (Lipinski definition) is 2. The quantitative estimate of drug-likeness (QED) is 0.890. The van der Waals surface area contributed by atoms with Crippen LogP contribution in [0.15, 0.2) is 53.4 Å². The van der Waals surface area contributed by atoms with Crippen molar-refractivity contribution in [1.29, 1.82) is 0 Å². The summed E-state index contributed by atoms with van der Waals surface area (Å²) in [7, 11) is -3.66. The molecule has 0 saturated heterocycles. The summed E-state index contributed by atoms with van der Waals surface area (Å²) >= 11 is 0. The van der Waals surface area contributed by atoms with E-state index in [-0.39, 0.29) is 11.4 Å². The summed E-state index contributed by atoms with van der Waals surface area (Å²) < 4.78 is 27.3. The van der Waals surface area contributed by atoms with Crippen molar-refractivity contribution >= 4 is 10.0 Å². The highest BCUT2D eigenvalue weighted by atomic mass is 32.2. The minimum Gasteiger partial charge on any atom is -0.384 e. The zero-order valence-corrected chi connectivity index (χ0v) is 13.8. The molecule has 0 saturated carbocycles. The van der Waals surface area contributed by atoms with Crippen molar-refractivity contribution < 1.29 is 13.5 Å². The second kappa shape index (κ2) is 6.20. The first-order valence-electron chi connectivity index (χ1n) is 7.07. The Morgan fingerprint density at radius 1 is 1.09 bits per heavy atom. The Kier molecular flexibility index (Phi) is 4.70. The molecule has 0 spiro atoms. The molecule has 22 heavy (non-hydrogen) atoms. The van der Waals surface area contributed by atoms with E-state index in [0.29, 0.717) is 11.1 Å². The van der Waals surface area contributed by atoms with E-state index < -0.39 is 15.6 Å². The predicted molar refractivity (Wildman–Crippen MR) is 87.1 cm³/mol. The molecule has 5 heteroatoms. The lowest BCUT2D eigenvalue weighted by Crippen LogP contribution is -2.38. The molecule has 2 aromatic carbocycles. The van der Waals surface area contributed by atoms with Crippen LogP contribution in [0.5, 0.6) is 0 Å². The number of aryl methyl sites for hydroxylation is 2. The molecule has 0 fully saturated rings. The zero-order chi connectivity index (χ0) is 16.4. The summed E-state index contributed by atoms with van der Waals surface area (Å²) in [5, 5.41) is 10.5. The van der Waals surface area contributed by atoms with Gasteiger partial charge in [0.15, 0.2) is 0 Å². The Morgan fingerprint density at radius 2 is 1.73 bits per heavy atom. The number of benzene rings is 2. The van der Waals surface area contributed by atoms with Crippen LogP contribution >= 0.6 is 0 Å². The Bertz CT molecular complexity index is 753. The maximum atomic E-state index is 12.4. The van der Waals surface area contributed by atoms with Crippen molar-refractivity contribution in [2.45, 2.75) is 31.3 Å². The topological polar surface area (TPSA) is 66.4 Å². The molecule has 0 unspecified atom stereocenters. The van der Waals surface area contributed by atoms with Gasteiger partial charge in [-0.05, 0) is 38.0 Å². The van der Waals surface area contributed by atoms with Crippen LogP contribution in [-0.2, 0) is 15.6 Å². The van der Waals surface area contributed by atoms with Gasteiger partial charge in [-0.15, -0.1) is 0 Å². The van der Waals surface area contributed by atoms with Gasteiger partial charge < -0.3 is 5.11 Å². The molecule has 4 nitrogen and oxygen atoms in total. The second-order valence-corrected chi connectivity index (χ2v) is 7.47. The summed E-state index contributed by atoms with van der Waals surface area (Å²) in [4.78, 5) is 0.238. The standard InChI is InChI=1S/C17H21NO3S/c1-13-9-10-16(14(2)11-13)22(20,21)18-12-17(3,19)15-7-5-4-6-8-15/h4-11,18-19H,12H2,1-3H3/t17-/m1/s1. The first-order chi connectivity index (χ1) is 10.2. The zero-order valence-electron chi connectivity index (χ0n) is 13.0. The number of aliphatic hydroxyl groups is 1. The van der Waals surface area contributed by atoms with Crippen LogP contribution in [0.3, 0.4) is 0 Å². The molecule has 2 aromatic rings. The number of hydrogen-bond acceptors (Lipinski definition) is 3. The van der Waals surface area contributed by atoms with E-state index in [1.54, 1.807) is 38.1 Å². The van der Waals surface area contributed by atoms with E-state index >= 15 is 0 Å². The van der Waals surface area contributed by atoms with Crippen LogP contribution in [0.1, 0.15) is 23.6 Å². The van der Waals surface area contributed by atoms with Gasteiger partial charge in [0, 0.05) is 6.54 Å². The molecule has 0 amide bonds. The number of nitrogens with one attached hydrogen (secondary N) is 1. The maximum absolute atomic E-state index is 12.4. The Balaban J connectivity index is 2.19. The van der Waals surface area contributed by atoms with Crippen LogP contribution in [0.4, 0.5) is 0 Å². The van der Waals surface area contributed by atoms with E-state index in [4.69, 9.17) is 0 Å². The van der Waals surface area contributed by atoms with Crippen molar-refractivity contribution in [3.8, 4) is 0 Å². The minimum absolute atomic E-state index is 0.0906.